The Bertz CT molecular complexity index is 734. The lowest BCUT2D eigenvalue weighted by atomic mass is 9.88. The second kappa shape index (κ2) is 7.29. The molecule has 0 radical (unpaired) electrons. The Labute approximate surface area is 142 Å². The van der Waals surface area contributed by atoms with Gasteiger partial charge < -0.3 is 10.0 Å². The van der Waals surface area contributed by atoms with E-state index in [0.717, 1.165) is 24.9 Å². The molecular weight excluding hydrogens is 300 g/mol. The van der Waals surface area contributed by atoms with Crippen LogP contribution in [0.1, 0.15) is 40.4 Å². The molecule has 1 saturated heterocycles. The average Bonchev–Trinajstić information content (AvgIpc) is 2.67. The molecule has 2 aromatic rings. The molecule has 1 fully saturated rings. The lowest BCUT2D eigenvalue weighted by Gasteiger charge is -2.35. The van der Waals surface area contributed by atoms with Crippen LogP contribution in [-0.4, -0.2) is 29.0 Å². The summed E-state index contributed by atoms with van der Waals surface area (Å²) in [5, 5.41) is 19.5. The fourth-order valence-corrected chi connectivity index (χ4v) is 3.24. The Morgan fingerprint density at radius 1 is 1.17 bits per heavy atom. The Balaban J connectivity index is 1.70. The zero-order valence-corrected chi connectivity index (χ0v) is 13.4. The molecule has 1 amide bonds. The summed E-state index contributed by atoms with van der Waals surface area (Å²) in [6, 6.07) is 18.4. The molecule has 4 heteroatoms. The largest absolute Gasteiger partial charge is 0.388 e. The number of hydrogen-bond acceptors (Lipinski definition) is 3. The van der Waals surface area contributed by atoms with Crippen molar-refractivity contribution in [3.63, 3.8) is 0 Å². The summed E-state index contributed by atoms with van der Waals surface area (Å²) in [6.07, 6.45) is 1.15. The maximum absolute atomic E-state index is 12.6. The molecule has 0 aromatic heterocycles. The maximum atomic E-state index is 12.6. The predicted molar refractivity (Wildman–Crippen MR) is 91.2 cm³/mol. The molecular formula is C20H20N2O2. The number of nitrogens with zero attached hydrogens (tertiary/aromatic N) is 2. The van der Waals surface area contributed by atoms with E-state index in [0.29, 0.717) is 17.7 Å². The van der Waals surface area contributed by atoms with Crippen LogP contribution >= 0.6 is 0 Å². The van der Waals surface area contributed by atoms with Crippen LogP contribution in [0.5, 0.6) is 0 Å². The SMILES string of the molecule is N#Cc1ccc([C@H](O)C2CCCN(C(=O)c3ccccc3)C2)cc1. The van der Waals surface area contributed by atoms with Crippen molar-refractivity contribution in [2.45, 2.75) is 18.9 Å². The second-order valence-corrected chi connectivity index (χ2v) is 6.20. The Kier molecular flexibility index (Phi) is 4.93. The second-order valence-electron chi connectivity index (χ2n) is 6.20. The fourth-order valence-electron chi connectivity index (χ4n) is 3.24. The summed E-state index contributed by atoms with van der Waals surface area (Å²) in [5.41, 5.74) is 2.06. The van der Waals surface area contributed by atoms with Gasteiger partial charge in [0.15, 0.2) is 0 Å². The number of hydrogen-bond donors (Lipinski definition) is 1. The molecule has 1 heterocycles. The first kappa shape index (κ1) is 16.2. The van der Waals surface area contributed by atoms with Gasteiger partial charge in [-0.3, -0.25) is 4.79 Å². The molecule has 0 spiro atoms. The van der Waals surface area contributed by atoms with Crippen molar-refractivity contribution in [3.05, 3.63) is 71.3 Å². The maximum Gasteiger partial charge on any atom is 0.253 e. The van der Waals surface area contributed by atoms with Crippen LogP contribution in [0.3, 0.4) is 0 Å². The standard InChI is InChI=1S/C20H20N2O2/c21-13-15-8-10-16(11-9-15)19(23)18-7-4-12-22(14-18)20(24)17-5-2-1-3-6-17/h1-3,5-6,8-11,18-19,23H,4,7,12,14H2/t18?,19-/m0/s1. The van der Waals surface area contributed by atoms with Gasteiger partial charge >= 0.3 is 0 Å². The van der Waals surface area contributed by atoms with Gasteiger partial charge in [-0.1, -0.05) is 30.3 Å². The number of carbonyl (C=O) groups is 1. The number of likely N-dealkylation sites (tertiary alicyclic amines) is 1. The summed E-state index contributed by atoms with van der Waals surface area (Å²) in [6.45, 7) is 1.28. The number of aliphatic hydroxyl groups is 1. The minimum Gasteiger partial charge on any atom is -0.388 e. The molecule has 0 saturated carbocycles. The minimum absolute atomic E-state index is 0.0133. The van der Waals surface area contributed by atoms with Gasteiger partial charge in [0.1, 0.15) is 0 Å². The number of piperidine rings is 1. The summed E-state index contributed by atoms with van der Waals surface area (Å²) in [4.78, 5) is 14.4. The van der Waals surface area contributed by atoms with Gasteiger partial charge in [-0.15, -0.1) is 0 Å². The average molecular weight is 320 g/mol. The summed E-state index contributed by atoms with van der Waals surface area (Å²) < 4.78 is 0. The van der Waals surface area contributed by atoms with Crippen molar-refractivity contribution in [2.75, 3.05) is 13.1 Å². The monoisotopic (exact) mass is 320 g/mol. The van der Waals surface area contributed by atoms with Crippen molar-refractivity contribution < 1.29 is 9.90 Å². The summed E-state index contributed by atoms with van der Waals surface area (Å²) in [7, 11) is 0. The number of amides is 1. The molecule has 1 aliphatic rings. The normalized spacial score (nSPS) is 18.7. The van der Waals surface area contributed by atoms with Crippen LogP contribution in [0.4, 0.5) is 0 Å². The van der Waals surface area contributed by atoms with Gasteiger partial charge in [-0.25, -0.2) is 0 Å². The third-order valence-electron chi connectivity index (χ3n) is 4.59. The van der Waals surface area contributed by atoms with E-state index in [2.05, 4.69) is 6.07 Å². The highest BCUT2D eigenvalue weighted by molar-refractivity contribution is 5.94. The van der Waals surface area contributed by atoms with Gasteiger partial charge in [0, 0.05) is 24.6 Å². The van der Waals surface area contributed by atoms with E-state index in [1.807, 2.05) is 35.2 Å². The number of aliphatic hydroxyl groups excluding tert-OH is 1. The Morgan fingerprint density at radius 2 is 1.88 bits per heavy atom. The van der Waals surface area contributed by atoms with Crippen molar-refractivity contribution in [2.24, 2.45) is 5.92 Å². The number of rotatable bonds is 3. The van der Waals surface area contributed by atoms with Gasteiger partial charge in [0.05, 0.1) is 17.7 Å². The van der Waals surface area contributed by atoms with E-state index in [1.165, 1.54) is 0 Å². The third kappa shape index (κ3) is 3.47. The Hall–Kier alpha value is -2.64. The minimum atomic E-state index is -0.621. The molecule has 1 unspecified atom stereocenters. The predicted octanol–water partition coefficient (Wildman–Crippen LogP) is 3.14. The first-order valence-corrected chi connectivity index (χ1v) is 8.21. The van der Waals surface area contributed by atoms with Crippen LogP contribution < -0.4 is 0 Å². The number of benzene rings is 2. The quantitative estimate of drug-likeness (QED) is 0.945. The topological polar surface area (TPSA) is 64.3 Å². The van der Waals surface area contributed by atoms with E-state index >= 15 is 0 Å². The molecule has 3 rings (SSSR count). The molecule has 1 aliphatic heterocycles. The smallest absolute Gasteiger partial charge is 0.253 e. The van der Waals surface area contributed by atoms with E-state index < -0.39 is 6.10 Å². The number of carbonyl (C=O) groups excluding carboxylic acids is 1. The molecule has 4 nitrogen and oxygen atoms in total. The Morgan fingerprint density at radius 3 is 2.54 bits per heavy atom. The van der Waals surface area contributed by atoms with E-state index in [1.54, 1.807) is 24.3 Å². The van der Waals surface area contributed by atoms with Gasteiger partial charge in [0.25, 0.3) is 5.91 Å². The highest BCUT2D eigenvalue weighted by Crippen LogP contribution is 2.30. The van der Waals surface area contributed by atoms with Gasteiger partial charge in [-0.2, -0.15) is 5.26 Å². The molecule has 2 atom stereocenters. The third-order valence-corrected chi connectivity index (χ3v) is 4.59. The molecule has 122 valence electrons. The van der Waals surface area contributed by atoms with Crippen LogP contribution in [0.15, 0.2) is 54.6 Å². The van der Waals surface area contributed by atoms with Crippen molar-refractivity contribution >= 4 is 5.91 Å². The van der Waals surface area contributed by atoms with E-state index in [4.69, 9.17) is 5.26 Å². The molecule has 1 N–H and O–H groups in total. The number of nitriles is 1. The highest BCUT2D eigenvalue weighted by atomic mass is 16.3. The lowest BCUT2D eigenvalue weighted by molar-refractivity contribution is 0.0401. The van der Waals surface area contributed by atoms with Crippen molar-refractivity contribution in [1.29, 1.82) is 5.26 Å². The highest BCUT2D eigenvalue weighted by Gasteiger charge is 2.29. The van der Waals surface area contributed by atoms with Crippen molar-refractivity contribution in [1.82, 2.24) is 4.90 Å². The van der Waals surface area contributed by atoms with E-state index in [-0.39, 0.29) is 11.8 Å². The van der Waals surface area contributed by atoms with Gasteiger partial charge in [0.2, 0.25) is 0 Å². The van der Waals surface area contributed by atoms with Gasteiger partial charge in [-0.05, 0) is 42.7 Å². The van der Waals surface area contributed by atoms with Crippen molar-refractivity contribution in [3.8, 4) is 6.07 Å². The molecule has 24 heavy (non-hydrogen) atoms. The first-order chi connectivity index (χ1) is 11.7. The van der Waals surface area contributed by atoms with Crippen LogP contribution in [0.2, 0.25) is 0 Å². The lowest BCUT2D eigenvalue weighted by Crippen LogP contribution is -2.41. The van der Waals surface area contributed by atoms with Crippen LogP contribution in [-0.2, 0) is 0 Å². The van der Waals surface area contributed by atoms with E-state index in [9.17, 15) is 9.90 Å². The summed E-state index contributed by atoms with van der Waals surface area (Å²) in [5.74, 6) is 0.0340. The fraction of sp³-hybridized carbons (Fsp3) is 0.300. The molecule has 0 aliphatic carbocycles. The molecule has 2 aromatic carbocycles. The first-order valence-electron chi connectivity index (χ1n) is 8.21. The van der Waals surface area contributed by atoms with Crippen LogP contribution in [0, 0.1) is 17.2 Å². The zero-order chi connectivity index (χ0) is 16.9. The van der Waals surface area contributed by atoms with Crippen LogP contribution in [0.25, 0.3) is 0 Å². The summed E-state index contributed by atoms with van der Waals surface area (Å²) >= 11 is 0. The molecule has 0 bridgehead atoms. The zero-order valence-electron chi connectivity index (χ0n) is 13.4.